The number of amidine groups is 1. The summed E-state index contributed by atoms with van der Waals surface area (Å²) in [6.45, 7) is 1.94. The first-order valence-electron chi connectivity index (χ1n) is 10.9. The lowest BCUT2D eigenvalue weighted by atomic mass is 10.1. The number of thioether (sulfide) groups is 1. The van der Waals surface area contributed by atoms with Crippen molar-refractivity contribution in [3.8, 4) is 0 Å². The minimum Gasteiger partial charge on any atom is -0.350 e. The number of rotatable bonds is 7. The van der Waals surface area contributed by atoms with Crippen LogP contribution in [0.1, 0.15) is 30.5 Å². The highest BCUT2D eigenvalue weighted by Crippen LogP contribution is 2.30. The predicted molar refractivity (Wildman–Crippen MR) is 136 cm³/mol. The third-order valence-corrected chi connectivity index (χ3v) is 6.20. The highest BCUT2D eigenvalue weighted by Gasteiger charge is 2.32. The van der Waals surface area contributed by atoms with Gasteiger partial charge >= 0.3 is 0 Å². The molecule has 1 heterocycles. The van der Waals surface area contributed by atoms with Crippen LogP contribution in [0.15, 0.2) is 95.6 Å². The van der Waals surface area contributed by atoms with Crippen LogP contribution in [0.2, 0.25) is 0 Å². The molecule has 0 radical (unpaired) electrons. The molecule has 0 fully saturated rings. The largest absolute Gasteiger partial charge is 0.350 e. The van der Waals surface area contributed by atoms with E-state index in [4.69, 9.17) is 0 Å². The van der Waals surface area contributed by atoms with Crippen molar-refractivity contribution in [1.82, 2.24) is 5.32 Å². The van der Waals surface area contributed by atoms with Crippen LogP contribution in [-0.2, 0) is 9.59 Å². The van der Waals surface area contributed by atoms with Crippen LogP contribution in [-0.4, -0.2) is 22.7 Å². The van der Waals surface area contributed by atoms with E-state index in [1.807, 2.05) is 67.6 Å². The Balaban J connectivity index is 1.46. The molecular formula is C27H24FN3O2S. The number of carbonyl (C=O) groups excluding carboxylic acids is 2. The first kappa shape index (κ1) is 23.4. The van der Waals surface area contributed by atoms with Gasteiger partial charge in [-0.25, -0.2) is 9.38 Å². The Hall–Kier alpha value is -3.71. The first-order valence-corrected chi connectivity index (χ1v) is 11.9. The second kappa shape index (κ2) is 10.9. The maximum absolute atomic E-state index is 13.5. The van der Waals surface area contributed by atoms with Gasteiger partial charge in [0.15, 0.2) is 5.17 Å². The Morgan fingerprint density at radius 3 is 2.35 bits per heavy atom. The topological polar surface area (TPSA) is 61.8 Å². The molecule has 1 aliphatic rings. The summed E-state index contributed by atoms with van der Waals surface area (Å²) in [5.41, 5.74) is 2.71. The van der Waals surface area contributed by atoms with E-state index in [1.54, 1.807) is 18.2 Å². The van der Waals surface area contributed by atoms with E-state index in [-0.39, 0.29) is 30.1 Å². The Morgan fingerprint density at radius 2 is 1.68 bits per heavy atom. The van der Waals surface area contributed by atoms with Gasteiger partial charge in [-0.15, -0.1) is 0 Å². The van der Waals surface area contributed by atoms with Crippen molar-refractivity contribution in [2.75, 3.05) is 10.7 Å². The van der Waals surface area contributed by atoms with Gasteiger partial charge in [-0.3, -0.25) is 14.5 Å². The number of nitrogens with one attached hydrogen (secondary N) is 1. The zero-order valence-electron chi connectivity index (χ0n) is 18.6. The predicted octanol–water partition coefficient (Wildman–Crippen LogP) is 5.57. The Kier molecular flexibility index (Phi) is 7.54. The van der Waals surface area contributed by atoms with Crippen molar-refractivity contribution < 1.29 is 14.0 Å². The highest BCUT2D eigenvalue weighted by molar-refractivity contribution is 8.14. The monoisotopic (exact) mass is 473 g/mol. The number of anilines is 1. The second-order valence-corrected chi connectivity index (χ2v) is 8.81. The first-order chi connectivity index (χ1) is 16.5. The molecule has 7 heteroatoms. The van der Waals surface area contributed by atoms with E-state index in [0.717, 1.165) is 11.1 Å². The van der Waals surface area contributed by atoms with Crippen molar-refractivity contribution in [3.63, 3.8) is 0 Å². The fraction of sp³-hybridized carbons (Fsp3) is 0.148. The van der Waals surface area contributed by atoms with Crippen LogP contribution in [0.4, 0.5) is 10.1 Å². The Morgan fingerprint density at radius 1 is 1.03 bits per heavy atom. The number of halogens is 1. The summed E-state index contributed by atoms with van der Waals surface area (Å²) < 4.78 is 13.5. The van der Waals surface area contributed by atoms with Crippen LogP contribution in [0.3, 0.4) is 0 Å². The van der Waals surface area contributed by atoms with Gasteiger partial charge < -0.3 is 5.32 Å². The molecule has 1 atom stereocenters. The van der Waals surface area contributed by atoms with Crippen LogP contribution in [0, 0.1) is 5.82 Å². The Labute approximate surface area is 202 Å². The van der Waals surface area contributed by atoms with E-state index < -0.39 is 0 Å². The van der Waals surface area contributed by atoms with E-state index in [1.165, 1.54) is 28.8 Å². The molecule has 3 aromatic carbocycles. The van der Waals surface area contributed by atoms with Crippen molar-refractivity contribution in [2.24, 2.45) is 4.99 Å². The summed E-state index contributed by atoms with van der Waals surface area (Å²) in [7, 11) is 0. The minimum absolute atomic E-state index is 0.0813. The summed E-state index contributed by atoms with van der Waals surface area (Å²) in [4.78, 5) is 31.6. The van der Waals surface area contributed by atoms with Crippen LogP contribution in [0.25, 0.3) is 6.08 Å². The van der Waals surface area contributed by atoms with Gasteiger partial charge in [-0.1, -0.05) is 72.4 Å². The average molecular weight is 474 g/mol. The zero-order valence-corrected chi connectivity index (χ0v) is 19.5. The second-order valence-electron chi connectivity index (χ2n) is 7.75. The lowest BCUT2D eigenvalue weighted by Crippen LogP contribution is -2.31. The highest BCUT2D eigenvalue weighted by atomic mass is 32.2. The Bertz CT molecular complexity index is 1210. The number of amides is 2. The van der Waals surface area contributed by atoms with Gasteiger partial charge in [-0.05, 0) is 48.4 Å². The fourth-order valence-corrected chi connectivity index (χ4v) is 4.44. The number of hydrogen-bond acceptors (Lipinski definition) is 4. The molecule has 0 aromatic heterocycles. The number of nitrogens with zero attached hydrogens (tertiary/aromatic N) is 2. The van der Waals surface area contributed by atoms with Gasteiger partial charge in [0.05, 0.1) is 11.7 Å². The van der Waals surface area contributed by atoms with Crippen molar-refractivity contribution in [1.29, 1.82) is 0 Å². The van der Waals surface area contributed by atoms with Gasteiger partial charge in [0, 0.05) is 12.2 Å². The van der Waals surface area contributed by atoms with Gasteiger partial charge in [0.2, 0.25) is 5.91 Å². The molecular weight excluding hydrogens is 449 g/mol. The van der Waals surface area contributed by atoms with Crippen molar-refractivity contribution in [3.05, 3.63) is 108 Å². The number of aliphatic imine (C=N–C) groups is 1. The summed E-state index contributed by atoms with van der Waals surface area (Å²) >= 11 is 1.32. The van der Waals surface area contributed by atoms with E-state index in [9.17, 15) is 14.0 Å². The molecule has 0 spiro atoms. The summed E-state index contributed by atoms with van der Waals surface area (Å²) in [5.74, 6) is -0.316. The van der Waals surface area contributed by atoms with Gasteiger partial charge in [0.1, 0.15) is 11.5 Å². The number of hydrogen-bond donors (Lipinski definition) is 1. The lowest BCUT2D eigenvalue weighted by molar-refractivity contribution is -0.121. The third kappa shape index (κ3) is 5.80. The molecule has 0 bridgehead atoms. The average Bonchev–Trinajstić information content (AvgIpc) is 3.15. The molecule has 0 saturated heterocycles. The summed E-state index contributed by atoms with van der Waals surface area (Å²) in [5, 5.41) is 3.46. The molecule has 172 valence electrons. The standard InChI is InChI=1S/C27H24FN3O2S/c1-19(21-10-6-3-7-11-21)29-25(32)16-17-34-27-30-24(18-20-8-4-2-5-9-20)26(33)31(27)23-14-12-22(28)13-15-23/h2-15,18-19H,16-17H2,1H3,(H,29,32)/b24-18-. The van der Waals surface area contributed by atoms with Crippen LogP contribution in [0.5, 0.6) is 0 Å². The van der Waals surface area contributed by atoms with Crippen LogP contribution < -0.4 is 10.2 Å². The van der Waals surface area contributed by atoms with Crippen LogP contribution >= 0.6 is 11.8 Å². The normalized spacial score (nSPS) is 15.4. The number of benzene rings is 3. The van der Waals surface area contributed by atoms with Gasteiger partial charge in [-0.2, -0.15) is 0 Å². The third-order valence-electron chi connectivity index (χ3n) is 5.25. The number of carbonyl (C=O) groups is 2. The molecule has 1 N–H and O–H groups in total. The van der Waals surface area contributed by atoms with E-state index in [0.29, 0.717) is 22.3 Å². The molecule has 4 rings (SSSR count). The van der Waals surface area contributed by atoms with Crippen molar-refractivity contribution >= 4 is 40.5 Å². The molecule has 0 saturated carbocycles. The van der Waals surface area contributed by atoms with E-state index >= 15 is 0 Å². The smallest absolute Gasteiger partial charge is 0.283 e. The fourth-order valence-electron chi connectivity index (χ4n) is 3.49. The molecule has 0 aliphatic carbocycles. The maximum atomic E-state index is 13.5. The SMILES string of the molecule is CC(NC(=O)CCSC1=N/C(=C\c2ccccc2)C(=O)N1c1ccc(F)cc1)c1ccccc1. The molecule has 34 heavy (non-hydrogen) atoms. The minimum atomic E-state index is -0.384. The lowest BCUT2D eigenvalue weighted by Gasteiger charge is -2.18. The quantitative estimate of drug-likeness (QED) is 0.457. The maximum Gasteiger partial charge on any atom is 0.283 e. The molecule has 3 aromatic rings. The van der Waals surface area contributed by atoms with E-state index in [2.05, 4.69) is 10.3 Å². The zero-order chi connectivity index (χ0) is 23.9. The van der Waals surface area contributed by atoms with Gasteiger partial charge in [0.25, 0.3) is 5.91 Å². The molecule has 5 nitrogen and oxygen atoms in total. The summed E-state index contributed by atoms with van der Waals surface area (Å²) in [6, 6.07) is 24.8. The molecule has 1 unspecified atom stereocenters. The van der Waals surface area contributed by atoms with Crippen molar-refractivity contribution in [2.45, 2.75) is 19.4 Å². The summed E-state index contributed by atoms with van der Waals surface area (Å²) in [6.07, 6.45) is 1.99. The molecule has 2 amide bonds. The molecule has 1 aliphatic heterocycles.